The van der Waals surface area contributed by atoms with Crippen LogP contribution in [-0.4, -0.2) is 16.8 Å². The SMILES string of the molecule is C[C@@H](C(=O)c1ccc(Cl)cc1)[C@@]1(O)C(=O)N(Cc2ccccc2)c2ccc(Br)cc21. The first kappa shape index (κ1) is 20.8. The molecular formula is C24H19BrClNO3. The van der Waals surface area contributed by atoms with E-state index in [9.17, 15) is 14.7 Å². The van der Waals surface area contributed by atoms with Crippen molar-refractivity contribution in [1.82, 2.24) is 0 Å². The molecular weight excluding hydrogens is 466 g/mol. The predicted octanol–water partition coefficient (Wildman–Crippen LogP) is 5.36. The Morgan fingerprint density at radius 1 is 1.10 bits per heavy atom. The van der Waals surface area contributed by atoms with Crippen molar-refractivity contribution in [1.29, 1.82) is 0 Å². The van der Waals surface area contributed by atoms with Crippen molar-refractivity contribution in [3.8, 4) is 0 Å². The van der Waals surface area contributed by atoms with Crippen molar-refractivity contribution < 1.29 is 14.7 Å². The van der Waals surface area contributed by atoms with E-state index >= 15 is 0 Å². The molecule has 0 saturated carbocycles. The van der Waals surface area contributed by atoms with E-state index in [-0.39, 0.29) is 5.78 Å². The molecule has 6 heteroatoms. The summed E-state index contributed by atoms with van der Waals surface area (Å²) in [7, 11) is 0. The van der Waals surface area contributed by atoms with Gasteiger partial charge in [0, 0.05) is 20.6 Å². The second kappa shape index (κ2) is 7.99. The second-order valence-electron chi connectivity index (χ2n) is 7.40. The molecule has 2 atom stereocenters. The molecule has 1 aliphatic heterocycles. The van der Waals surface area contributed by atoms with Crippen LogP contribution in [0.1, 0.15) is 28.4 Å². The highest BCUT2D eigenvalue weighted by atomic mass is 79.9. The van der Waals surface area contributed by atoms with Crippen molar-refractivity contribution in [2.75, 3.05) is 4.90 Å². The molecule has 0 radical (unpaired) electrons. The molecule has 0 spiro atoms. The average molecular weight is 485 g/mol. The van der Waals surface area contributed by atoms with E-state index in [1.807, 2.05) is 36.4 Å². The fourth-order valence-corrected chi connectivity index (χ4v) is 4.36. The largest absolute Gasteiger partial charge is 0.375 e. The number of carbonyl (C=O) groups is 2. The van der Waals surface area contributed by atoms with Gasteiger partial charge in [0.25, 0.3) is 5.91 Å². The van der Waals surface area contributed by atoms with E-state index in [0.29, 0.717) is 28.4 Å². The standard InChI is InChI=1S/C24H19BrClNO3/c1-15(22(28)17-7-10-19(26)11-8-17)24(30)20-13-18(25)9-12-21(20)27(23(24)29)14-16-5-3-2-4-6-16/h2-13,15,30H,14H2,1H3/t15-,24-/m0/s1. The van der Waals surface area contributed by atoms with Crippen LogP contribution in [0.4, 0.5) is 5.69 Å². The number of anilines is 1. The highest BCUT2D eigenvalue weighted by Crippen LogP contribution is 2.47. The third-order valence-electron chi connectivity index (χ3n) is 5.56. The lowest BCUT2D eigenvalue weighted by molar-refractivity contribution is -0.139. The van der Waals surface area contributed by atoms with Crippen LogP contribution < -0.4 is 4.90 Å². The summed E-state index contributed by atoms with van der Waals surface area (Å²) in [6.45, 7) is 1.89. The van der Waals surface area contributed by atoms with Crippen LogP contribution in [0.25, 0.3) is 0 Å². The number of amides is 1. The van der Waals surface area contributed by atoms with Gasteiger partial charge in [0.1, 0.15) is 0 Å². The zero-order chi connectivity index (χ0) is 21.5. The van der Waals surface area contributed by atoms with Crippen LogP contribution in [0.15, 0.2) is 77.3 Å². The molecule has 3 aromatic rings. The first-order valence-electron chi connectivity index (χ1n) is 9.50. The van der Waals surface area contributed by atoms with Crippen LogP contribution in [-0.2, 0) is 16.9 Å². The third-order valence-corrected chi connectivity index (χ3v) is 6.31. The van der Waals surface area contributed by atoms with Gasteiger partial charge in [-0.2, -0.15) is 0 Å². The van der Waals surface area contributed by atoms with Gasteiger partial charge in [-0.1, -0.05) is 64.8 Å². The molecule has 3 aromatic carbocycles. The lowest BCUT2D eigenvalue weighted by atomic mass is 9.79. The van der Waals surface area contributed by atoms with Crippen LogP contribution in [0, 0.1) is 5.92 Å². The Morgan fingerprint density at radius 3 is 2.43 bits per heavy atom. The average Bonchev–Trinajstić information content (AvgIpc) is 2.96. The second-order valence-corrected chi connectivity index (χ2v) is 8.75. The number of nitrogens with zero attached hydrogens (tertiary/aromatic N) is 1. The molecule has 0 unspecified atom stereocenters. The molecule has 0 fully saturated rings. The quantitative estimate of drug-likeness (QED) is 0.496. The molecule has 1 aliphatic rings. The van der Waals surface area contributed by atoms with E-state index < -0.39 is 17.4 Å². The van der Waals surface area contributed by atoms with Crippen LogP contribution in [0.5, 0.6) is 0 Å². The maximum atomic E-state index is 13.5. The minimum absolute atomic E-state index is 0.304. The number of hydrogen-bond acceptors (Lipinski definition) is 3. The maximum Gasteiger partial charge on any atom is 0.264 e. The lowest BCUT2D eigenvalue weighted by Crippen LogP contribution is -2.47. The Hall–Kier alpha value is -2.47. The summed E-state index contributed by atoms with van der Waals surface area (Å²) < 4.78 is 0.722. The molecule has 0 aromatic heterocycles. The number of rotatable bonds is 5. The van der Waals surface area contributed by atoms with Gasteiger partial charge in [0.15, 0.2) is 11.4 Å². The minimum atomic E-state index is -1.97. The number of halogens is 2. The summed E-state index contributed by atoms with van der Waals surface area (Å²) in [6.07, 6.45) is 0. The van der Waals surface area contributed by atoms with Gasteiger partial charge in [-0.15, -0.1) is 0 Å². The van der Waals surface area contributed by atoms with Crippen molar-refractivity contribution in [2.24, 2.45) is 5.92 Å². The molecule has 0 saturated heterocycles. The molecule has 0 aliphatic carbocycles. The normalized spacial score (nSPS) is 18.9. The monoisotopic (exact) mass is 483 g/mol. The smallest absolute Gasteiger partial charge is 0.264 e. The van der Waals surface area contributed by atoms with Crippen molar-refractivity contribution in [3.63, 3.8) is 0 Å². The number of hydrogen-bond donors (Lipinski definition) is 1. The number of ketones is 1. The Morgan fingerprint density at radius 2 is 1.77 bits per heavy atom. The number of aliphatic hydroxyl groups is 1. The molecule has 1 amide bonds. The summed E-state index contributed by atoms with van der Waals surface area (Å²) in [6, 6.07) is 21.3. The van der Waals surface area contributed by atoms with Crippen molar-refractivity contribution in [2.45, 2.75) is 19.1 Å². The van der Waals surface area contributed by atoms with Crippen LogP contribution in [0.2, 0.25) is 5.02 Å². The van der Waals surface area contributed by atoms with Crippen molar-refractivity contribution >= 4 is 44.9 Å². The van der Waals surface area contributed by atoms with Gasteiger partial charge in [0.05, 0.1) is 18.2 Å². The van der Waals surface area contributed by atoms with Crippen molar-refractivity contribution in [3.05, 3.63) is 99.0 Å². The minimum Gasteiger partial charge on any atom is -0.375 e. The first-order valence-corrected chi connectivity index (χ1v) is 10.7. The molecule has 4 nitrogen and oxygen atoms in total. The Kier molecular flexibility index (Phi) is 5.53. The zero-order valence-electron chi connectivity index (χ0n) is 16.2. The van der Waals surface area contributed by atoms with E-state index in [0.717, 1.165) is 10.0 Å². The maximum absolute atomic E-state index is 13.5. The third kappa shape index (κ3) is 3.47. The predicted molar refractivity (Wildman–Crippen MR) is 121 cm³/mol. The molecule has 1 N–H and O–H groups in total. The Balaban J connectivity index is 1.76. The van der Waals surface area contributed by atoms with Gasteiger partial charge >= 0.3 is 0 Å². The number of fused-ring (bicyclic) bond motifs is 1. The van der Waals surface area contributed by atoms with Gasteiger partial charge in [-0.25, -0.2) is 0 Å². The van der Waals surface area contributed by atoms with Gasteiger partial charge in [0.2, 0.25) is 0 Å². The van der Waals surface area contributed by atoms with Gasteiger partial charge < -0.3 is 10.0 Å². The molecule has 1 heterocycles. The van der Waals surface area contributed by atoms with Crippen LogP contribution >= 0.6 is 27.5 Å². The highest BCUT2D eigenvalue weighted by molar-refractivity contribution is 9.10. The molecule has 0 bridgehead atoms. The van der Waals surface area contributed by atoms with E-state index in [2.05, 4.69) is 15.9 Å². The van der Waals surface area contributed by atoms with Gasteiger partial charge in [-0.05, 0) is 48.0 Å². The summed E-state index contributed by atoms with van der Waals surface area (Å²) in [5.41, 5.74) is 0.384. The van der Waals surface area contributed by atoms with Gasteiger partial charge in [-0.3, -0.25) is 9.59 Å². The lowest BCUT2D eigenvalue weighted by Gasteiger charge is -2.28. The number of Topliss-reactive ketones (excluding diaryl/α,β-unsaturated/α-hetero) is 1. The first-order chi connectivity index (χ1) is 14.3. The van der Waals surface area contributed by atoms with E-state index in [4.69, 9.17) is 11.6 Å². The Labute approximate surface area is 188 Å². The molecule has 4 rings (SSSR count). The number of carbonyl (C=O) groups excluding carboxylic acids is 2. The zero-order valence-corrected chi connectivity index (χ0v) is 18.5. The molecule has 30 heavy (non-hydrogen) atoms. The highest BCUT2D eigenvalue weighted by Gasteiger charge is 2.55. The van der Waals surface area contributed by atoms with E-state index in [1.165, 1.54) is 0 Å². The fourth-order valence-electron chi connectivity index (χ4n) is 3.87. The Bertz CT molecular complexity index is 1120. The topological polar surface area (TPSA) is 57.6 Å². The summed E-state index contributed by atoms with van der Waals surface area (Å²) in [5.74, 6) is -1.82. The summed E-state index contributed by atoms with van der Waals surface area (Å²) in [5, 5.41) is 12.2. The number of benzene rings is 3. The van der Waals surface area contributed by atoms with E-state index in [1.54, 1.807) is 48.2 Å². The summed E-state index contributed by atoms with van der Waals surface area (Å²) in [4.78, 5) is 28.2. The fraction of sp³-hybridized carbons (Fsp3) is 0.167. The molecule has 152 valence electrons. The summed E-state index contributed by atoms with van der Waals surface area (Å²) >= 11 is 9.35. The van der Waals surface area contributed by atoms with Crippen LogP contribution in [0.3, 0.4) is 0 Å².